The van der Waals surface area contributed by atoms with E-state index in [1.165, 1.54) is 25.0 Å². The number of aryl methyl sites for hydroxylation is 1. The average Bonchev–Trinajstić information content (AvgIpc) is 3.11. The molecule has 1 aliphatic rings. The van der Waals surface area contributed by atoms with E-state index < -0.39 is 0 Å². The van der Waals surface area contributed by atoms with E-state index in [9.17, 15) is 4.39 Å². The first-order valence-electron chi connectivity index (χ1n) is 6.35. The van der Waals surface area contributed by atoms with Crippen LogP contribution in [0.2, 0.25) is 0 Å². The molecule has 1 aliphatic carbocycles. The Labute approximate surface area is 102 Å². The van der Waals surface area contributed by atoms with Crippen LogP contribution in [0.25, 0.3) is 0 Å². The highest BCUT2D eigenvalue weighted by Gasteiger charge is 2.22. The number of halogens is 1. The Morgan fingerprint density at radius 2 is 2.24 bits per heavy atom. The van der Waals surface area contributed by atoms with Gasteiger partial charge in [-0.3, -0.25) is 0 Å². The summed E-state index contributed by atoms with van der Waals surface area (Å²) in [5.41, 5.74) is 0.856. The van der Waals surface area contributed by atoms with E-state index in [4.69, 9.17) is 4.74 Å². The van der Waals surface area contributed by atoms with Crippen LogP contribution in [0, 0.1) is 12.7 Å². The molecule has 3 heteroatoms. The van der Waals surface area contributed by atoms with Gasteiger partial charge in [0.15, 0.2) is 0 Å². The molecule has 0 amide bonds. The first-order valence-corrected chi connectivity index (χ1v) is 6.35. The standard InChI is InChI=1S/C14H20FNO/c1-3-13(9-16-12-5-6-12)17-14-7-4-11(15)8-10(14)2/h4,7-8,12-13,16H,3,5-6,9H2,1-2H3. The van der Waals surface area contributed by atoms with Crippen molar-refractivity contribution in [3.05, 3.63) is 29.6 Å². The number of nitrogens with one attached hydrogen (secondary N) is 1. The normalized spacial score (nSPS) is 16.9. The predicted octanol–water partition coefficient (Wildman–Crippen LogP) is 3.04. The van der Waals surface area contributed by atoms with Gasteiger partial charge in [-0.2, -0.15) is 0 Å². The van der Waals surface area contributed by atoms with Crippen LogP contribution in [0.1, 0.15) is 31.7 Å². The molecule has 1 fully saturated rings. The molecule has 0 radical (unpaired) electrons. The molecule has 1 saturated carbocycles. The van der Waals surface area contributed by atoms with Crippen LogP contribution in [0.15, 0.2) is 18.2 Å². The average molecular weight is 237 g/mol. The monoisotopic (exact) mass is 237 g/mol. The van der Waals surface area contributed by atoms with E-state index in [0.717, 1.165) is 24.3 Å². The molecule has 0 spiro atoms. The van der Waals surface area contributed by atoms with Crippen LogP contribution in [0.3, 0.4) is 0 Å². The summed E-state index contributed by atoms with van der Waals surface area (Å²) >= 11 is 0. The molecule has 1 aromatic rings. The molecule has 2 nitrogen and oxygen atoms in total. The second-order valence-corrected chi connectivity index (χ2v) is 4.74. The van der Waals surface area contributed by atoms with E-state index in [2.05, 4.69) is 12.2 Å². The van der Waals surface area contributed by atoms with Crippen LogP contribution in [0.4, 0.5) is 4.39 Å². The first-order chi connectivity index (χ1) is 8.19. The van der Waals surface area contributed by atoms with Crippen molar-refractivity contribution in [2.24, 2.45) is 0 Å². The Kier molecular flexibility index (Phi) is 4.00. The summed E-state index contributed by atoms with van der Waals surface area (Å²) in [5, 5.41) is 3.46. The molecule has 0 aromatic heterocycles. The summed E-state index contributed by atoms with van der Waals surface area (Å²) in [6, 6.07) is 5.37. The second-order valence-electron chi connectivity index (χ2n) is 4.74. The lowest BCUT2D eigenvalue weighted by Gasteiger charge is -2.19. The molecule has 0 bridgehead atoms. The lowest BCUT2D eigenvalue weighted by Crippen LogP contribution is -2.32. The summed E-state index contributed by atoms with van der Waals surface area (Å²) in [4.78, 5) is 0. The van der Waals surface area contributed by atoms with Crippen molar-refractivity contribution >= 4 is 0 Å². The summed E-state index contributed by atoms with van der Waals surface area (Å²) in [7, 11) is 0. The molecule has 94 valence electrons. The fourth-order valence-electron chi connectivity index (χ4n) is 1.78. The van der Waals surface area contributed by atoms with Gasteiger partial charge in [0.05, 0.1) is 0 Å². The van der Waals surface area contributed by atoms with Gasteiger partial charge in [-0.05, 0) is 49.9 Å². The van der Waals surface area contributed by atoms with Gasteiger partial charge in [0, 0.05) is 12.6 Å². The van der Waals surface area contributed by atoms with Gasteiger partial charge in [-0.15, -0.1) is 0 Å². The lowest BCUT2D eigenvalue weighted by molar-refractivity contribution is 0.191. The second kappa shape index (κ2) is 5.50. The Bertz CT molecular complexity index is 376. The number of benzene rings is 1. The number of ether oxygens (including phenoxy) is 1. The van der Waals surface area contributed by atoms with Gasteiger partial charge in [-0.1, -0.05) is 6.92 Å². The quantitative estimate of drug-likeness (QED) is 0.821. The van der Waals surface area contributed by atoms with E-state index in [1.807, 2.05) is 6.92 Å². The topological polar surface area (TPSA) is 21.3 Å². The van der Waals surface area contributed by atoms with Crippen LogP contribution < -0.4 is 10.1 Å². The largest absolute Gasteiger partial charge is 0.489 e. The summed E-state index contributed by atoms with van der Waals surface area (Å²) < 4.78 is 18.9. The molecule has 0 saturated heterocycles. The Morgan fingerprint density at radius 1 is 1.47 bits per heavy atom. The van der Waals surface area contributed by atoms with E-state index in [0.29, 0.717) is 6.04 Å². The van der Waals surface area contributed by atoms with E-state index in [1.54, 1.807) is 6.07 Å². The number of hydrogen-bond donors (Lipinski definition) is 1. The van der Waals surface area contributed by atoms with Crippen LogP contribution in [0.5, 0.6) is 5.75 Å². The van der Waals surface area contributed by atoms with Crippen LogP contribution in [-0.4, -0.2) is 18.7 Å². The van der Waals surface area contributed by atoms with Crippen molar-refractivity contribution in [2.45, 2.75) is 45.3 Å². The SMILES string of the molecule is CCC(CNC1CC1)Oc1ccc(F)cc1C. The van der Waals surface area contributed by atoms with Gasteiger partial charge >= 0.3 is 0 Å². The zero-order valence-corrected chi connectivity index (χ0v) is 10.5. The van der Waals surface area contributed by atoms with Gasteiger partial charge < -0.3 is 10.1 Å². The molecule has 1 atom stereocenters. The molecule has 1 N–H and O–H groups in total. The van der Waals surface area contributed by atoms with Gasteiger partial charge in [0.25, 0.3) is 0 Å². The first kappa shape index (κ1) is 12.4. The third-order valence-corrected chi connectivity index (χ3v) is 3.10. The molecule has 17 heavy (non-hydrogen) atoms. The highest BCUT2D eigenvalue weighted by molar-refractivity contribution is 5.32. The van der Waals surface area contributed by atoms with Gasteiger partial charge in [0.2, 0.25) is 0 Å². The third-order valence-electron chi connectivity index (χ3n) is 3.10. The molecular formula is C14H20FNO. The number of hydrogen-bond acceptors (Lipinski definition) is 2. The van der Waals surface area contributed by atoms with Crippen molar-refractivity contribution in [1.82, 2.24) is 5.32 Å². The lowest BCUT2D eigenvalue weighted by atomic mass is 10.2. The third kappa shape index (κ3) is 3.70. The summed E-state index contributed by atoms with van der Waals surface area (Å²) in [6.45, 7) is 4.86. The zero-order valence-electron chi connectivity index (χ0n) is 10.5. The Morgan fingerprint density at radius 3 is 2.82 bits per heavy atom. The Balaban J connectivity index is 1.91. The molecule has 2 rings (SSSR count). The zero-order chi connectivity index (χ0) is 12.3. The van der Waals surface area contributed by atoms with Crippen LogP contribution >= 0.6 is 0 Å². The molecule has 0 aliphatic heterocycles. The van der Waals surface area contributed by atoms with Gasteiger partial charge in [-0.25, -0.2) is 4.39 Å². The summed E-state index contributed by atoms with van der Waals surface area (Å²) in [6.07, 6.45) is 3.69. The van der Waals surface area contributed by atoms with Crippen molar-refractivity contribution in [1.29, 1.82) is 0 Å². The molecule has 1 unspecified atom stereocenters. The fourth-order valence-corrected chi connectivity index (χ4v) is 1.78. The van der Waals surface area contributed by atoms with Crippen molar-refractivity contribution in [3.8, 4) is 5.75 Å². The summed E-state index contributed by atoms with van der Waals surface area (Å²) in [5.74, 6) is 0.579. The molecule has 1 aromatic carbocycles. The Hall–Kier alpha value is -1.09. The minimum atomic E-state index is -0.209. The number of rotatable bonds is 6. The van der Waals surface area contributed by atoms with Crippen molar-refractivity contribution < 1.29 is 9.13 Å². The van der Waals surface area contributed by atoms with Gasteiger partial charge in [0.1, 0.15) is 17.7 Å². The highest BCUT2D eigenvalue weighted by Crippen LogP contribution is 2.22. The minimum Gasteiger partial charge on any atom is -0.489 e. The van der Waals surface area contributed by atoms with Crippen molar-refractivity contribution in [2.75, 3.05) is 6.54 Å². The van der Waals surface area contributed by atoms with Crippen molar-refractivity contribution in [3.63, 3.8) is 0 Å². The van der Waals surface area contributed by atoms with E-state index in [-0.39, 0.29) is 11.9 Å². The fraction of sp³-hybridized carbons (Fsp3) is 0.571. The highest BCUT2D eigenvalue weighted by atomic mass is 19.1. The molecular weight excluding hydrogens is 217 g/mol. The maximum absolute atomic E-state index is 13.0. The predicted molar refractivity (Wildman–Crippen MR) is 66.9 cm³/mol. The van der Waals surface area contributed by atoms with E-state index >= 15 is 0 Å². The minimum absolute atomic E-state index is 0.166. The maximum atomic E-state index is 13.0. The van der Waals surface area contributed by atoms with Crippen LogP contribution in [-0.2, 0) is 0 Å². The molecule has 0 heterocycles. The maximum Gasteiger partial charge on any atom is 0.123 e. The smallest absolute Gasteiger partial charge is 0.123 e.